The first-order chi connectivity index (χ1) is 14.1. The number of aromatic nitrogens is 1. The highest BCUT2D eigenvalue weighted by Crippen LogP contribution is 2.44. The smallest absolute Gasteiger partial charge is 0.301 e. The molecule has 1 N–H and O–H groups in total. The van der Waals surface area contributed by atoms with Gasteiger partial charge in [0.05, 0.1) is 5.57 Å². The van der Waals surface area contributed by atoms with Crippen molar-refractivity contribution in [2.75, 3.05) is 18.1 Å². The van der Waals surface area contributed by atoms with Crippen LogP contribution in [0.3, 0.4) is 0 Å². The molecule has 0 spiro atoms. The normalized spacial score (nSPS) is 20.3. The summed E-state index contributed by atoms with van der Waals surface area (Å²) < 4.78 is 11.1. The first-order valence-corrected chi connectivity index (χ1v) is 10.5. The van der Waals surface area contributed by atoms with Crippen molar-refractivity contribution in [1.82, 2.24) is 4.98 Å². The summed E-state index contributed by atoms with van der Waals surface area (Å²) in [5.41, 5.74) is 0.414. The molecule has 2 aromatic heterocycles. The molecule has 1 aromatic carbocycles. The van der Waals surface area contributed by atoms with Crippen LogP contribution in [0.1, 0.15) is 16.5 Å². The number of carbonyl (C=O) groups is 2. The van der Waals surface area contributed by atoms with Crippen LogP contribution in [-0.4, -0.2) is 35.0 Å². The van der Waals surface area contributed by atoms with E-state index in [-0.39, 0.29) is 11.3 Å². The maximum Gasteiger partial charge on any atom is 0.301 e. The topological polar surface area (TPSA) is 89.0 Å². The number of thiophene rings is 1. The van der Waals surface area contributed by atoms with E-state index in [1.54, 1.807) is 29.8 Å². The molecule has 4 heterocycles. The van der Waals surface area contributed by atoms with Crippen LogP contribution < -0.4 is 14.4 Å². The SMILES string of the molecule is O=C1C(=O)N(c2nccs2)C(c2cccs2)/C1=C(\O)c1ccc2c(c1)OCCO2. The third-order valence-corrected chi connectivity index (χ3v) is 6.39. The molecule has 1 fully saturated rings. The molecule has 9 heteroatoms. The lowest BCUT2D eigenvalue weighted by Gasteiger charge is -2.22. The predicted molar refractivity (Wildman–Crippen MR) is 109 cm³/mol. The molecule has 29 heavy (non-hydrogen) atoms. The fourth-order valence-corrected chi connectivity index (χ4v) is 4.92. The van der Waals surface area contributed by atoms with Crippen molar-refractivity contribution in [3.8, 4) is 11.5 Å². The number of benzene rings is 1. The lowest BCUT2D eigenvalue weighted by molar-refractivity contribution is -0.132. The lowest BCUT2D eigenvalue weighted by atomic mass is 9.99. The summed E-state index contributed by atoms with van der Waals surface area (Å²) in [6.45, 7) is 0.858. The van der Waals surface area contributed by atoms with E-state index in [4.69, 9.17) is 9.47 Å². The number of hydrogen-bond acceptors (Lipinski definition) is 8. The average Bonchev–Trinajstić information content (AvgIpc) is 3.49. The number of Topliss-reactive ketones (excluding diaryl/α,β-unsaturated/α-hetero) is 1. The number of amides is 1. The first kappa shape index (κ1) is 17.9. The van der Waals surface area contributed by atoms with Gasteiger partial charge in [0.1, 0.15) is 25.0 Å². The number of thiazole rings is 1. The third kappa shape index (κ3) is 2.90. The Morgan fingerprint density at radius 3 is 2.66 bits per heavy atom. The van der Waals surface area contributed by atoms with Crippen LogP contribution >= 0.6 is 22.7 Å². The number of hydrogen-bond donors (Lipinski definition) is 1. The number of ketones is 1. The minimum Gasteiger partial charge on any atom is -0.507 e. The summed E-state index contributed by atoms with van der Waals surface area (Å²) in [6, 6.07) is 7.87. The molecule has 1 atom stereocenters. The zero-order valence-corrected chi connectivity index (χ0v) is 16.5. The van der Waals surface area contributed by atoms with E-state index in [9.17, 15) is 14.7 Å². The minimum atomic E-state index is -0.744. The second-order valence-corrected chi connectivity index (χ2v) is 8.21. The second-order valence-electron chi connectivity index (χ2n) is 6.36. The summed E-state index contributed by atoms with van der Waals surface area (Å²) >= 11 is 2.67. The lowest BCUT2D eigenvalue weighted by Crippen LogP contribution is -2.28. The Bertz CT molecular complexity index is 1120. The highest BCUT2D eigenvalue weighted by molar-refractivity contribution is 7.14. The standard InChI is InChI=1S/C20H14N2O5S2/c23-17(11-3-4-12-13(10-11)27-7-6-26-12)15-16(14-2-1-8-28-14)22(19(25)18(15)24)20-21-5-9-29-20/h1-5,8-10,16,23H,6-7H2/b17-15+. The Morgan fingerprint density at radius 1 is 1.10 bits per heavy atom. The van der Waals surface area contributed by atoms with E-state index in [1.807, 2.05) is 17.5 Å². The van der Waals surface area contributed by atoms with Gasteiger partial charge in [-0.1, -0.05) is 6.07 Å². The van der Waals surface area contributed by atoms with E-state index in [2.05, 4.69) is 4.98 Å². The molecule has 0 saturated carbocycles. The fraction of sp³-hybridized carbons (Fsp3) is 0.150. The fourth-order valence-electron chi connectivity index (χ4n) is 3.43. The van der Waals surface area contributed by atoms with Crippen LogP contribution in [0, 0.1) is 0 Å². The van der Waals surface area contributed by atoms with Gasteiger partial charge in [-0.2, -0.15) is 0 Å². The Kier molecular flexibility index (Phi) is 4.33. The molecule has 0 bridgehead atoms. The summed E-state index contributed by atoms with van der Waals surface area (Å²) in [5, 5.41) is 15.1. The van der Waals surface area contributed by atoms with Gasteiger partial charge in [-0.15, -0.1) is 22.7 Å². The number of rotatable bonds is 3. The van der Waals surface area contributed by atoms with Crippen molar-refractivity contribution >= 4 is 45.3 Å². The van der Waals surface area contributed by atoms with Gasteiger partial charge >= 0.3 is 5.91 Å². The molecular weight excluding hydrogens is 412 g/mol. The highest BCUT2D eigenvalue weighted by atomic mass is 32.1. The average molecular weight is 426 g/mol. The molecule has 0 radical (unpaired) electrons. The van der Waals surface area contributed by atoms with Crippen LogP contribution in [0.4, 0.5) is 5.13 Å². The van der Waals surface area contributed by atoms with E-state index in [1.165, 1.54) is 27.6 Å². The Morgan fingerprint density at radius 2 is 1.93 bits per heavy atom. The molecule has 1 unspecified atom stereocenters. The largest absolute Gasteiger partial charge is 0.507 e. The summed E-state index contributed by atoms with van der Waals surface area (Å²) in [6.07, 6.45) is 1.58. The van der Waals surface area contributed by atoms with E-state index >= 15 is 0 Å². The highest BCUT2D eigenvalue weighted by Gasteiger charge is 2.48. The van der Waals surface area contributed by atoms with Gasteiger partial charge in [-0.05, 0) is 29.6 Å². The van der Waals surface area contributed by atoms with Crippen LogP contribution in [0.5, 0.6) is 11.5 Å². The van der Waals surface area contributed by atoms with Crippen molar-refractivity contribution < 1.29 is 24.2 Å². The molecule has 7 nitrogen and oxygen atoms in total. The van der Waals surface area contributed by atoms with Gasteiger partial charge in [0, 0.05) is 22.0 Å². The van der Waals surface area contributed by atoms with Crippen LogP contribution in [0.2, 0.25) is 0 Å². The molecule has 1 amide bonds. The molecule has 146 valence electrons. The van der Waals surface area contributed by atoms with Gasteiger partial charge in [0.15, 0.2) is 16.6 Å². The van der Waals surface area contributed by atoms with Crippen molar-refractivity contribution in [1.29, 1.82) is 0 Å². The van der Waals surface area contributed by atoms with Crippen molar-refractivity contribution in [2.24, 2.45) is 0 Å². The number of carbonyl (C=O) groups excluding carboxylic acids is 2. The summed E-state index contributed by atoms with van der Waals surface area (Å²) in [7, 11) is 0. The maximum atomic E-state index is 12.9. The number of aliphatic hydroxyl groups excluding tert-OH is 1. The molecule has 2 aliphatic rings. The molecule has 5 rings (SSSR count). The zero-order valence-electron chi connectivity index (χ0n) is 14.9. The van der Waals surface area contributed by atoms with Crippen molar-refractivity contribution in [3.63, 3.8) is 0 Å². The quantitative estimate of drug-likeness (QED) is 0.391. The molecular formula is C20H14N2O5S2. The third-order valence-electron chi connectivity index (χ3n) is 4.70. The zero-order chi connectivity index (χ0) is 20.0. The van der Waals surface area contributed by atoms with Gasteiger partial charge < -0.3 is 14.6 Å². The van der Waals surface area contributed by atoms with Gasteiger partial charge in [0.25, 0.3) is 5.78 Å². The molecule has 3 aromatic rings. The van der Waals surface area contributed by atoms with Crippen LogP contribution in [0.15, 0.2) is 52.9 Å². The van der Waals surface area contributed by atoms with Gasteiger partial charge in [-0.3, -0.25) is 14.5 Å². The van der Waals surface area contributed by atoms with Gasteiger partial charge in [0.2, 0.25) is 0 Å². The molecule has 1 saturated heterocycles. The number of fused-ring (bicyclic) bond motifs is 1. The van der Waals surface area contributed by atoms with Crippen LogP contribution in [0.25, 0.3) is 5.76 Å². The van der Waals surface area contributed by atoms with Crippen molar-refractivity contribution in [2.45, 2.75) is 6.04 Å². The first-order valence-electron chi connectivity index (χ1n) is 8.79. The number of nitrogens with zero attached hydrogens (tertiary/aromatic N) is 2. The number of aliphatic hydroxyl groups is 1. The van der Waals surface area contributed by atoms with E-state index in [0.717, 1.165) is 4.88 Å². The van der Waals surface area contributed by atoms with E-state index < -0.39 is 17.7 Å². The second kappa shape index (κ2) is 7.02. The van der Waals surface area contributed by atoms with E-state index in [0.29, 0.717) is 35.4 Å². The minimum absolute atomic E-state index is 0.0318. The predicted octanol–water partition coefficient (Wildman–Crippen LogP) is 3.60. The Hall–Kier alpha value is -3.17. The maximum absolute atomic E-state index is 12.9. The summed E-state index contributed by atoms with van der Waals surface area (Å²) in [4.78, 5) is 32.1. The van der Waals surface area contributed by atoms with Crippen LogP contribution in [-0.2, 0) is 9.59 Å². The summed E-state index contributed by atoms with van der Waals surface area (Å²) in [5.74, 6) is -0.644. The molecule has 0 aliphatic carbocycles. The monoisotopic (exact) mass is 426 g/mol. The Labute approximate surface area is 173 Å². The molecule has 2 aliphatic heterocycles. The van der Waals surface area contributed by atoms with Crippen molar-refractivity contribution in [3.05, 3.63) is 63.3 Å². The Balaban J connectivity index is 1.67. The number of ether oxygens (including phenoxy) is 2. The number of anilines is 1. The van der Waals surface area contributed by atoms with Gasteiger partial charge in [-0.25, -0.2) is 4.98 Å².